The number of nitrogens with two attached hydrogens (primary N) is 1. The van der Waals surface area contributed by atoms with E-state index in [9.17, 15) is 19.2 Å². The predicted molar refractivity (Wildman–Crippen MR) is 75.9 cm³/mol. The molecule has 9 nitrogen and oxygen atoms in total. The number of amides is 2. The van der Waals surface area contributed by atoms with Crippen molar-refractivity contribution in [1.82, 2.24) is 10.6 Å². The van der Waals surface area contributed by atoms with Gasteiger partial charge in [0.2, 0.25) is 11.8 Å². The van der Waals surface area contributed by atoms with Crippen LogP contribution >= 0.6 is 12.6 Å². The number of hydrogen-bond donors (Lipinski definition) is 6. The van der Waals surface area contributed by atoms with E-state index in [-0.39, 0.29) is 18.6 Å². The third-order valence-corrected chi connectivity index (χ3v) is 2.92. The zero-order chi connectivity index (χ0) is 16.6. The Morgan fingerprint density at radius 1 is 1.14 bits per heavy atom. The van der Waals surface area contributed by atoms with E-state index in [0.717, 1.165) is 0 Å². The molecule has 0 saturated carbocycles. The van der Waals surface area contributed by atoms with E-state index in [0.29, 0.717) is 0 Å². The van der Waals surface area contributed by atoms with Gasteiger partial charge in [-0.15, -0.1) is 0 Å². The molecule has 0 fully saturated rings. The molecule has 0 heterocycles. The number of hydrogen-bond acceptors (Lipinski definition) is 6. The van der Waals surface area contributed by atoms with E-state index in [1.807, 2.05) is 0 Å². The van der Waals surface area contributed by atoms with E-state index in [2.05, 4.69) is 23.3 Å². The summed E-state index contributed by atoms with van der Waals surface area (Å²) in [4.78, 5) is 44.4. The fourth-order valence-corrected chi connectivity index (χ4v) is 1.53. The zero-order valence-electron chi connectivity index (χ0n) is 11.4. The van der Waals surface area contributed by atoms with Gasteiger partial charge in [-0.05, 0) is 13.3 Å². The van der Waals surface area contributed by atoms with Gasteiger partial charge in [0.25, 0.3) is 0 Å². The smallest absolute Gasteiger partial charge is 0.327 e. The van der Waals surface area contributed by atoms with Gasteiger partial charge in [0.1, 0.15) is 12.1 Å². The molecule has 120 valence electrons. The normalized spacial score (nSPS) is 14.6. The van der Waals surface area contributed by atoms with Gasteiger partial charge in [-0.3, -0.25) is 14.4 Å². The Kier molecular flexibility index (Phi) is 8.39. The molecule has 0 rings (SSSR count). The minimum atomic E-state index is -1.24. The van der Waals surface area contributed by atoms with E-state index in [4.69, 9.17) is 15.9 Å². The molecule has 0 saturated heterocycles. The lowest BCUT2D eigenvalue weighted by Crippen LogP contribution is -2.53. The van der Waals surface area contributed by atoms with Gasteiger partial charge < -0.3 is 26.6 Å². The molecular formula is C11H19N3O6S. The van der Waals surface area contributed by atoms with Crippen molar-refractivity contribution in [3.05, 3.63) is 0 Å². The summed E-state index contributed by atoms with van der Waals surface area (Å²) in [6.45, 7) is 1.36. The van der Waals surface area contributed by atoms with Gasteiger partial charge in [-0.25, -0.2) is 4.79 Å². The molecule has 10 heteroatoms. The highest BCUT2D eigenvalue weighted by Crippen LogP contribution is 1.97. The summed E-state index contributed by atoms with van der Waals surface area (Å²) >= 11 is 3.79. The van der Waals surface area contributed by atoms with Crippen LogP contribution in [0.15, 0.2) is 0 Å². The molecule has 0 aliphatic carbocycles. The number of carboxylic acids is 2. The molecule has 6 N–H and O–H groups in total. The van der Waals surface area contributed by atoms with Crippen molar-refractivity contribution in [2.75, 3.05) is 5.75 Å². The quantitative estimate of drug-likeness (QED) is 0.273. The van der Waals surface area contributed by atoms with Crippen molar-refractivity contribution in [3.63, 3.8) is 0 Å². The van der Waals surface area contributed by atoms with Crippen molar-refractivity contribution < 1.29 is 29.4 Å². The summed E-state index contributed by atoms with van der Waals surface area (Å²) < 4.78 is 0. The molecule has 3 atom stereocenters. The first-order chi connectivity index (χ1) is 9.68. The summed E-state index contributed by atoms with van der Waals surface area (Å²) in [6, 6.07) is -3.23. The van der Waals surface area contributed by atoms with Crippen LogP contribution in [0.3, 0.4) is 0 Å². The van der Waals surface area contributed by atoms with Gasteiger partial charge in [-0.2, -0.15) is 12.6 Å². The molecule has 2 amide bonds. The number of carboxylic acid groups (broad SMARTS) is 2. The highest BCUT2D eigenvalue weighted by Gasteiger charge is 2.24. The number of rotatable bonds is 9. The van der Waals surface area contributed by atoms with Crippen LogP contribution in [0.25, 0.3) is 0 Å². The predicted octanol–water partition coefficient (Wildman–Crippen LogP) is -1.82. The summed E-state index contributed by atoms with van der Waals surface area (Å²) in [7, 11) is 0. The van der Waals surface area contributed by atoms with E-state index in [1.54, 1.807) is 0 Å². The highest BCUT2D eigenvalue weighted by molar-refractivity contribution is 7.80. The van der Waals surface area contributed by atoms with Crippen LogP contribution in [0, 0.1) is 0 Å². The van der Waals surface area contributed by atoms with Crippen LogP contribution in [0.2, 0.25) is 0 Å². The Bertz CT molecular complexity index is 417. The fourth-order valence-electron chi connectivity index (χ4n) is 1.28. The monoisotopic (exact) mass is 321 g/mol. The number of thiol groups is 1. The highest BCUT2D eigenvalue weighted by atomic mass is 32.1. The molecule has 0 radical (unpaired) electrons. The first-order valence-corrected chi connectivity index (χ1v) is 6.74. The van der Waals surface area contributed by atoms with Crippen molar-refractivity contribution in [3.8, 4) is 0 Å². The Labute approximate surface area is 126 Å². The molecule has 0 spiro atoms. The average molecular weight is 321 g/mol. The second-order valence-corrected chi connectivity index (χ2v) is 4.72. The molecule has 0 aliphatic heterocycles. The summed E-state index contributed by atoms with van der Waals surface area (Å²) in [5, 5.41) is 21.7. The van der Waals surface area contributed by atoms with E-state index < -0.39 is 41.9 Å². The number of carbonyl (C=O) groups is 4. The SMILES string of the molecule is CC(NC(=O)C(N)CCC(=O)O)C(=O)NC(CS)C(=O)O. The Morgan fingerprint density at radius 2 is 1.71 bits per heavy atom. The summed E-state index contributed by atoms with van der Waals surface area (Å²) in [6.07, 6.45) is -0.334. The number of carbonyl (C=O) groups excluding carboxylic acids is 2. The third kappa shape index (κ3) is 7.51. The number of aliphatic carboxylic acids is 2. The lowest BCUT2D eigenvalue weighted by Gasteiger charge is -2.19. The van der Waals surface area contributed by atoms with Gasteiger partial charge in [-0.1, -0.05) is 0 Å². The summed E-state index contributed by atoms with van der Waals surface area (Å²) in [5.41, 5.74) is 5.48. The lowest BCUT2D eigenvalue weighted by atomic mass is 10.1. The average Bonchev–Trinajstić information content (AvgIpc) is 2.40. The van der Waals surface area contributed by atoms with Crippen LogP contribution in [0.5, 0.6) is 0 Å². The minimum Gasteiger partial charge on any atom is -0.481 e. The fraction of sp³-hybridized carbons (Fsp3) is 0.636. The molecule has 3 unspecified atom stereocenters. The van der Waals surface area contributed by atoms with Crippen LogP contribution in [-0.2, 0) is 19.2 Å². The third-order valence-electron chi connectivity index (χ3n) is 2.56. The van der Waals surface area contributed by atoms with Crippen LogP contribution in [0.4, 0.5) is 0 Å². The largest absolute Gasteiger partial charge is 0.481 e. The zero-order valence-corrected chi connectivity index (χ0v) is 12.3. The maximum Gasteiger partial charge on any atom is 0.327 e. The van der Waals surface area contributed by atoms with Crippen molar-refractivity contribution >= 4 is 36.4 Å². The first-order valence-electron chi connectivity index (χ1n) is 6.10. The maximum atomic E-state index is 11.7. The Hall–Kier alpha value is -1.81. The second kappa shape index (κ2) is 9.19. The topological polar surface area (TPSA) is 159 Å². The molecule has 21 heavy (non-hydrogen) atoms. The Balaban J connectivity index is 4.36. The molecular weight excluding hydrogens is 302 g/mol. The van der Waals surface area contributed by atoms with E-state index >= 15 is 0 Å². The van der Waals surface area contributed by atoms with Crippen LogP contribution in [-0.4, -0.2) is 57.8 Å². The number of nitrogens with one attached hydrogen (secondary N) is 2. The summed E-state index contributed by atoms with van der Waals surface area (Å²) in [5.74, 6) is -3.80. The van der Waals surface area contributed by atoms with Crippen molar-refractivity contribution in [2.24, 2.45) is 5.73 Å². The van der Waals surface area contributed by atoms with E-state index in [1.165, 1.54) is 6.92 Å². The van der Waals surface area contributed by atoms with Crippen LogP contribution < -0.4 is 16.4 Å². The first kappa shape index (κ1) is 19.2. The van der Waals surface area contributed by atoms with Gasteiger partial charge >= 0.3 is 11.9 Å². The van der Waals surface area contributed by atoms with Gasteiger partial charge in [0.15, 0.2) is 0 Å². The molecule has 0 aromatic heterocycles. The van der Waals surface area contributed by atoms with Gasteiger partial charge in [0, 0.05) is 12.2 Å². The van der Waals surface area contributed by atoms with Crippen molar-refractivity contribution in [1.29, 1.82) is 0 Å². The Morgan fingerprint density at radius 3 is 2.14 bits per heavy atom. The molecule has 0 aliphatic rings. The van der Waals surface area contributed by atoms with Crippen LogP contribution in [0.1, 0.15) is 19.8 Å². The molecule has 0 aromatic carbocycles. The molecule has 0 bridgehead atoms. The molecule has 0 aromatic rings. The maximum absolute atomic E-state index is 11.7. The van der Waals surface area contributed by atoms with Crippen molar-refractivity contribution in [2.45, 2.75) is 37.9 Å². The van der Waals surface area contributed by atoms with Gasteiger partial charge in [0.05, 0.1) is 6.04 Å². The lowest BCUT2D eigenvalue weighted by molar-refractivity contribution is -0.141. The standard InChI is InChI=1S/C11H19N3O6S/c1-5(9(17)14-7(4-21)11(19)20)13-10(18)6(12)2-3-8(15)16/h5-7,21H,2-4,12H2,1H3,(H,13,18)(H,14,17)(H,15,16)(H,19,20). The minimum absolute atomic E-state index is 0.0656. The second-order valence-electron chi connectivity index (χ2n) is 4.35.